The number of allylic oxidation sites excluding steroid dienone is 1. The summed E-state index contributed by atoms with van der Waals surface area (Å²) in [5.41, 5.74) is 0.655. The van der Waals surface area contributed by atoms with Gasteiger partial charge in [0.25, 0.3) is 0 Å². The summed E-state index contributed by atoms with van der Waals surface area (Å²) in [6.45, 7) is -1.55. The average molecular weight is 534 g/mol. The number of hydrogen-bond acceptors (Lipinski definition) is 5. The van der Waals surface area contributed by atoms with Crippen LogP contribution in [0.25, 0.3) is 10.9 Å². The molecule has 0 bridgehead atoms. The number of anilines is 3. The van der Waals surface area contributed by atoms with E-state index in [-0.39, 0.29) is 27.8 Å². The standard InChI is InChI=1S/C20H14BrClF4N4O2/c21-5-1-2-18(31)30-16-7-12-15(8-17(16)32-9-20(24,25)26)27-10-28-19(12)29-11-3-4-14(23)13(22)6-11/h1-4,6-8,10H,5,9H2,(H,30,31)(H,27,28,29)/b2-1+. The zero-order valence-corrected chi connectivity index (χ0v) is 18.4. The molecule has 32 heavy (non-hydrogen) atoms. The van der Waals surface area contributed by atoms with Crippen LogP contribution < -0.4 is 15.4 Å². The van der Waals surface area contributed by atoms with Crippen LogP contribution in [0.1, 0.15) is 0 Å². The molecule has 0 aliphatic carbocycles. The van der Waals surface area contributed by atoms with Crippen LogP contribution in [0, 0.1) is 5.82 Å². The number of fused-ring (bicyclic) bond motifs is 1. The summed E-state index contributed by atoms with van der Waals surface area (Å²) in [5.74, 6) is -1.13. The van der Waals surface area contributed by atoms with E-state index in [1.807, 2.05) is 0 Å². The number of benzene rings is 2. The van der Waals surface area contributed by atoms with Gasteiger partial charge in [-0.05, 0) is 24.3 Å². The van der Waals surface area contributed by atoms with Crippen LogP contribution >= 0.6 is 27.5 Å². The van der Waals surface area contributed by atoms with Crippen LogP contribution in [0.15, 0.2) is 48.8 Å². The molecule has 0 aliphatic rings. The molecule has 0 aliphatic heterocycles. The molecule has 0 atom stereocenters. The van der Waals surface area contributed by atoms with E-state index in [4.69, 9.17) is 16.3 Å². The Balaban J connectivity index is 2.03. The van der Waals surface area contributed by atoms with Gasteiger partial charge < -0.3 is 15.4 Å². The summed E-state index contributed by atoms with van der Waals surface area (Å²) in [7, 11) is 0. The fraction of sp³-hybridized carbons (Fsp3) is 0.150. The van der Waals surface area contributed by atoms with E-state index in [1.165, 1.54) is 48.8 Å². The van der Waals surface area contributed by atoms with E-state index < -0.39 is 24.5 Å². The topological polar surface area (TPSA) is 76.1 Å². The lowest BCUT2D eigenvalue weighted by molar-refractivity contribution is -0.153. The second-order valence-corrected chi connectivity index (χ2v) is 7.35. The van der Waals surface area contributed by atoms with E-state index >= 15 is 0 Å². The summed E-state index contributed by atoms with van der Waals surface area (Å²) in [6, 6.07) is 6.59. The molecule has 0 saturated carbocycles. The minimum absolute atomic E-state index is 0.0130. The minimum Gasteiger partial charge on any atom is -0.482 e. The van der Waals surface area contributed by atoms with Gasteiger partial charge in [0.1, 0.15) is 23.7 Å². The maximum atomic E-state index is 13.4. The van der Waals surface area contributed by atoms with Crippen molar-refractivity contribution in [1.82, 2.24) is 9.97 Å². The third-order valence-corrected chi connectivity index (χ3v) is 4.59. The number of aromatic nitrogens is 2. The monoisotopic (exact) mass is 532 g/mol. The quantitative estimate of drug-likeness (QED) is 0.221. The molecule has 12 heteroatoms. The lowest BCUT2D eigenvalue weighted by atomic mass is 10.1. The number of halogens is 6. The van der Waals surface area contributed by atoms with Gasteiger partial charge in [-0.25, -0.2) is 14.4 Å². The van der Waals surface area contributed by atoms with E-state index in [1.54, 1.807) is 0 Å². The number of amides is 1. The number of rotatable bonds is 7. The molecule has 0 saturated heterocycles. The van der Waals surface area contributed by atoms with Gasteiger partial charge in [-0.1, -0.05) is 33.6 Å². The van der Waals surface area contributed by atoms with Gasteiger partial charge in [0.15, 0.2) is 6.61 Å². The first kappa shape index (κ1) is 23.7. The Kier molecular flexibility index (Phi) is 7.52. The van der Waals surface area contributed by atoms with E-state index in [0.717, 1.165) is 0 Å². The van der Waals surface area contributed by atoms with Crippen molar-refractivity contribution in [3.8, 4) is 5.75 Å². The van der Waals surface area contributed by atoms with E-state index in [0.29, 0.717) is 16.4 Å². The zero-order chi connectivity index (χ0) is 23.3. The molecule has 2 N–H and O–H groups in total. The van der Waals surface area contributed by atoms with Crippen molar-refractivity contribution >= 4 is 61.5 Å². The molecule has 6 nitrogen and oxygen atoms in total. The molecule has 168 valence electrons. The minimum atomic E-state index is -4.58. The molecule has 3 rings (SSSR count). The van der Waals surface area contributed by atoms with Crippen LogP contribution in [0.5, 0.6) is 5.75 Å². The Morgan fingerprint density at radius 3 is 2.69 bits per heavy atom. The second-order valence-electron chi connectivity index (χ2n) is 6.29. The Bertz CT molecular complexity index is 1170. The number of ether oxygens (including phenoxy) is 1. The van der Waals surface area contributed by atoms with Crippen LogP contribution in [0.2, 0.25) is 5.02 Å². The first-order chi connectivity index (χ1) is 15.2. The maximum absolute atomic E-state index is 13.4. The number of nitrogens with one attached hydrogen (secondary N) is 2. The Hall–Kier alpha value is -2.92. The number of carbonyl (C=O) groups is 1. The van der Waals surface area contributed by atoms with Crippen LogP contribution in [0.3, 0.4) is 0 Å². The molecule has 0 fully saturated rings. The van der Waals surface area contributed by atoms with Gasteiger partial charge in [-0.2, -0.15) is 13.2 Å². The van der Waals surface area contributed by atoms with Crippen molar-refractivity contribution in [2.24, 2.45) is 0 Å². The predicted molar refractivity (Wildman–Crippen MR) is 117 cm³/mol. The average Bonchev–Trinajstić information content (AvgIpc) is 2.73. The van der Waals surface area contributed by atoms with Crippen molar-refractivity contribution in [2.75, 3.05) is 22.6 Å². The fourth-order valence-electron chi connectivity index (χ4n) is 2.60. The largest absolute Gasteiger partial charge is 0.482 e. The Morgan fingerprint density at radius 2 is 2.00 bits per heavy atom. The highest BCUT2D eigenvalue weighted by Crippen LogP contribution is 2.34. The lowest BCUT2D eigenvalue weighted by Crippen LogP contribution is -2.20. The first-order valence-electron chi connectivity index (χ1n) is 8.90. The number of carbonyl (C=O) groups excluding carboxylic acids is 1. The van der Waals surface area contributed by atoms with Crippen molar-refractivity contribution in [3.63, 3.8) is 0 Å². The predicted octanol–water partition coefficient (Wildman–Crippen LogP) is 6.00. The Labute approximate surface area is 192 Å². The van der Waals surface area contributed by atoms with Crippen LogP contribution in [-0.2, 0) is 4.79 Å². The normalized spacial score (nSPS) is 11.7. The van der Waals surface area contributed by atoms with Gasteiger partial charge in [-0.3, -0.25) is 4.79 Å². The summed E-state index contributed by atoms with van der Waals surface area (Å²) < 4.78 is 56.4. The molecule has 1 aromatic heterocycles. The molecule has 1 amide bonds. The second kappa shape index (κ2) is 10.1. The van der Waals surface area contributed by atoms with Gasteiger partial charge in [-0.15, -0.1) is 0 Å². The number of alkyl halides is 4. The fourth-order valence-corrected chi connectivity index (χ4v) is 2.96. The van der Waals surface area contributed by atoms with Gasteiger partial charge in [0.05, 0.1) is 16.2 Å². The molecule has 0 radical (unpaired) electrons. The van der Waals surface area contributed by atoms with Crippen LogP contribution in [0.4, 0.5) is 34.8 Å². The molecular weight excluding hydrogens is 520 g/mol. The molecular formula is C20H14BrClF4N4O2. The zero-order valence-electron chi connectivity index (χ0n) is 16.0. The molecule has 0 spiro atoms. The molecule has 2 aromatic carbocycles. The summed E-state index contributed by atoms with van der Waals surface area (Å²) in [6.07, 6.45) is -0.651. The lowest BCUT2D eigenvalue weighted by Gasteiger charge is -2.16. The molecule has 0 unspecified atom stereocenters. The molecule has 3 aromatic rings. The first-order valence-corrected chi connectivity index (χ1v) is 10.4. The smallest absolute Gasteiger partial charge is 0.422 e. The van der Waals surface area contributed by atoms with Gasteiger partial charge in [0.2, 0.25) is 5.91 Å². The highest BCUT2D eigenvalue weighted by molar-refractivity contribution is 9.09. The summed E-state index contributed by atoms with van der Waals surface area (Å²) >= 11 is 8.93. The van der Waals surface area contributed by atoms with Crippen molar-refractivity contribution in [2.45, 2.75) is 6.18 Å². The van der Waals surface area contributed by atoms with Crippen molar-refractivity contribution in [1.29, 1.82) is 0 Å². The Morgan fingerprint density at radius 1 is 1.22 bits per heavy atom. The van der Waals surface area contributed by atoms with Crippen LogP contribution in [-0.4, -0.2) is 34.0 Å². The molecule has 1 heterocycles. The summed E-state index contributed by atoms with van der Waals surface area (Å²) in [4.78, 5) is 20.3. The highest BCUT2D eigenvalue weighted by Gasteiger charge is 2.29. The number of hydrogen-bond donors (Lipinski definition) is 2. The van der Waals surface area contributed by atoms with E-state index in [9.17, 15) is 22.4 Å². The maximum Gasteiger partial charge on any atom is 0.422 e. The third-order valence-electron chi connectivity index (χ3n) is 3.93. The van der Waals surface area contributed by atoms with Crippen molar-refractivity contribution < 1.29 is 27.1 Å². The van der Waals surface area contributed by atoms with Gasteiger partial charge >= 0.3 is 6.18 Å². The third kappa shape index (κ3) is 6.30. The van der Waals surface area contributed by atoms with Crippen molar-refractivity contribution in [3.05, 3.63) is 59.7 Å². The van der Waals surface area contributed by atoms with Gasteiger partial charge in [0, 0.05) is 28.5 Å². The number of nitrogens with zero attached hydrogens (tertiary/aromatic N) is 2. The highest BCUT2D eigenvalue weighted by atomic mass is 79.9. The van der Waals surface area contributed by atoms with E-state index in [2.05, 4.69) is 36.5 Å². The summed E-state index contributed by atoms with van der Waals surface area (Å²) in [5, 5.41) is 6.11. The SMILES string of the molecule is O=C(/C=C/CBr)Nc1cc2c(Nc3ccc(F)c(Cl)c3)ncnc2cc1OCC(F)(F)F.